The Hall–Kier alpha value is -4.07. The maximum Gasteiger partial charge on any atom is 0.416 e. The predicted molar refractivity (Wildman–Crippen MR) is 117 cm³/mol. The van der Waals surface area contributed by atoms with Gasteiger partial charge in [-0.1, -0.05) is 54.6 Å². The highest BCUT2D eigenvalue weighted by molar-refractivity contribution is 6.12. The van der Waals surface area contributed by atoms with E-state index in [1.807, 2.05) is 0 Å². The maximum absolute atomic E-state index is 13.6. The Morgan fingerprint density at radius 1 is 0.939 bits per heavy atom. The van der Waals surface area contributed by atoms with Gasteiger partial charge in [0.15, 0.2) is 0 Å². The van der Waals surface area contributed by atoms with Crippen LogP contribution in [0.2, 0.25) is 0 Å². The number of carbonyl (C=O) groups excluding carboxylic acids is 1. The highest BCUT2D eigenvalue weighted by Gasteiger charge is 2.42. The molecule has 0 unspecified atom stereocenters. The molecule has 2 N–H and O–H groups in total. The minimum Gasteiger partial charge on any atom is -0.481 e. The molecule has 0 radical (unpaired) electrons. The molecule has 1 amide bonds. The van der Waals surface area contributed by atoms with Gasteiger partial charge in [0, 0.05) is 11.4 Å². The van der Waals surface area contributed by atoms with Crippen LogP contribution in [0.25, 0.3) is 0 Å². The van der Waals surface area contributed by atoms with Crippen molar-refractivity contribution in [1.29, 1.82) is 0 Å². The third-order valence-corrected chi connectivity index (χ3v) is 5.29. The van der Waals surface area contributed by atoms with Gasteiger partial charge < -0.3 is 10.4 Å². The summed E-state index contributed by atoms with van der Waals surface area (Å²) in [4.78, 5) is 26.7. The number of hydrogen-bond acceptors (Lipinski definition) is 3. The van der Waals surface area contributed by atoms with Crippen LogP contribution in [0, 0.1) is 0 Å². The number of anilines is 2. The zero-order valence-electron chi connectivity index (χ0n) is 17.2. The van der Waals surface area contributed by atoms with E-state index in [1.165, 1.54) is 17.0 Å². The maximum atomic E-state index is 13.6. The largest absolute Gasteiger partial charge is 0.481 e. The molecule has 8 heteroatoms. The minimum atomic E-state index is -4.56. The van der Waals surface area contributed by atoms with E-state index in [1.54, 1.807) is 60.7 Å². The van der Waals surface area contributed by atoms with Gasteiger partial charge in [-0.25, -0.2) is 0 Å². The Bertz CT molecular complexity index is 1210. The van der Waals surface area contributed by atoms with E-state index in [4.69, 9.17) is 0 Å². The van der Waals surface area contributed by atoms with Crippen molar-refractivity contribution in [3.05, 3.63) is 107 Å². The Labute approximate surface area is 187 Å². The second-order valence-corrected chi connectivity index (χ2v) is 7.50. The van der Waals surface area contributed by atoms with Crippen molar-refractivity contribution >= 4 is 23.3 Å². The molecule has 5 nitrogen and oxygen atoms in total. The number of nitrogens with zero attached hydrogens (tertiary/aromatic N) is 1. The molecular formula is C25H19F3N2O3. The third-order valence-electron chi connectivity index (χ3n) is 5.29. The molecule has 1 aliphatic rings. The molecular weight excluding hydrogens is 433 g/mol. The van der Waals surface area contributed by atoms with Crippen LogP contribution in [-0.2, 0) is 15.8 Å². The number of carbonyl (C=O) groups is 2. The molecule has 4 rings (SSSR count). The van der Waals surface area contributed by atoms with Crippen molar-refractivity contribution < 1.29 is 27.9 Å². The highest BCUT2D eigenvalue weighted by Crippen LogP contribution is 2.43. The van der Waals surface area contributed by atoms with Crippen molar-refractivity contribution in [1.82, 2.24) is 0 Å². The smallest absolute Gasteiger partial charge is 0.416 e. The van der Waals surface area contributed by atoms with Gasteiger partial charge >= 0.3 is 12.1 Å². The van der Waals surface area contributed by atoms with E-state index in [9.17, 15) is 27.9 Å². The van der Waals surface area contributed by atoms with Gasteiger partial charge in [-0.2, -0.15) is 13.2 Å². The van der Waals surface area contributed by atoms with Gasteiger partial charge in [-0.05, 0) is 41.5 Å². The molecule has 33 heavy (non-hydrogen) atoms. The first kappa shape index (κ1) is 22.1. The second-order valence-electron chi connectivity index (χ2n) is 7.50. The van der Waals surface area contributed by atoms with Crippen LogP contribution in [0.1, 0.15) is 23.6 Å². The normalized spacial score (nSPS) is 16.3. The molecule has 168 valence electrons. The van der Waals surface area contributed by atoms with Crippen LogP contribution in [0.5, 0.6) is 0 Å². The molecule has 0 saturated carbocycles. The molecule has 0 saturated heterocycles. The Balaban J connectivity index is 1.85. The second kappa shape index (κ2) is 8.82. The van der Waals surface area contributed by atoms with Gasteiger partial charge in [0.1, 0.15) is 5.70 Å². The first-order valence-corrected chi connectivity index (χ1v) is 10.1. The topological polar surface area (TPSA) is 69.6 Å². The van der Waals surface area contributed by atoms with Crippen LogP contribution >= 0.6 is 0 Å². The summed E-state index contributed by atoms with van der Waals surface area (Å²) in [6.07, 6.45) is -5.02. The van der Waals surface area contributed by atoms with E-state index in [0.717, 1.165) is 12.1 Å². The molecule has 1 aliphatic heterocycles. The molecule has 0 bridgehead atoms. The lowest BCUT2D eigenvalue weighted by atomic mass is 9.96. The fourth-order valence-corrected chi connectivity index (χ4v) is 3.91. The lowest BCUT2D eigenvalue weighted by Crippen LogP contribution is -2.31. The Morgan fingerprint density at radius 2 is 1.58 bits per heavy atom. The summed E-state index contributed by atoms with van der Waals surface area (Å²) in [5.74, 6) is -1.68. The number of alkyl halides is 3. The van der Waals surface area contributed by atoms with Crippen LogP contribution < -0.4 is 10.2 Å². The van der Waals surface area contributed by atoms with Crippen LogP contribution in [0.3, 0.4) is 0 Å². The third kappa shape index (κ3) is 4.59. The number of para-hydroxylation sites is 1. The van der Waals surface area contributed by atoms with Crippen molar-refractivity contribution in [3.8, 4) is 0 Å². The Kier molecular flexibility index (Phi) is 5.91. The fraction of sp³-hybridized carbons (Fsp3) is 0.120. The first-order valence-electron chi connectivity index (χ1n) is 10.1. The minimum absolute atomic E-state index is 0.0396. The van der Waals surface area contributed by atoms with Gasteiger partial charge in [0.05, 0.1) is 18.0 Å². The van der Waals surface area contributed by atoms with E-state index in [-0.39, 0.29) is 17.0 Å². The lowest BCUT2D eigenvalue weighted by molar-refractivity contribution is -0.138. The summed E-state index contributed by atoms with van der Waals surface area (Å²) in [5, 5.41) is 12.4. The van der Waals surface area contributed by atoms with E-state index in [0.29, 0.717) is 11.3 Å². The van der Waals surface area contributed by atoms with E-state index < -0.39 is 36.1 Å². The summed E-state index contributed by atoms with van der Waals surface area (Å²) in [6.45, 7) is 0. The van der Waals surface area contributed by atoms with Gasteiger partial charge in [0.2, 0.25) is 0 Å². The average molecular weight is 452 g/mol. The number of halogens is 3. The van der Waals surface area contributed by atoms with Crippen molar-refractivity contribution in [2.75, 3.05) is 10.2 Å². The van der Waals surface area contributed by atoms with Crippen LogP contribution in [0.15, 0.2) is 96.2 Å². The summed E-state index contributed by atoms with van der Waals surface area (Å²) in [6, 6.07) is 21.4. The number of nitrogens with one attached hydrogen (secondary N) is 1. The van der Waals surface area contributed by atoms with E-state index in [2.05, 4.69) is 5.32 Å². The molecule has 1 atom stereocenters. The number of aliphatic carboxylic acids is 1. The van der Waals surface area contributed by atoms with Gasteiger partial charge in [0.25, 0.3) is 5.91 Å². The van der Waals surface area contributed by atoms with Gasteiger partial charge in [-0.3, -0.25) is 14.5 Å². The van der Waals surface area contributed by atoms with Crippen molar-refractivity contribution in [3.63, 3.8) is 0 Å². The number of amides is 1. The lowest BCUT2D eigenvalue weighted by Gasteiger charge is -2.27. The van der Waals surface area contributed by atoms with Gasteiger partial charge in [-0.15, -0.1) is 0 Å². The van der Waals surface area contributed by atoms with Crippen LogP contribution in [-0.4, -0.2) is 17.0 Å². The summed E-state index contributed by atoms with van der Waals surface area (Å²) in [7, 11) is 0. The molecule has 0 aromatic heterocycles. The molecule has 0 fully saturated rings. The summed E-state index contributed by atoms with van der Waals surface area (Å²) in [5.41, 5.74) is 0.608. The average Bonchev–Trinajstić information content (AvgIpc) is 3.05. The number of rotatable bonds is 6. The fourth-order valence-electron chi connectivity index (χ4n) is 3.91. The summed E-state index contributed by atoms with van der Waals surface area (Å²) >= 11 is 0. The van der Waals surface area contributed by atoms with Crippen molar-refractivity contribution in [2.24, 2.45) is 0 Å². The zero-order chi connectivity index (χ0) is 23.6. The highest BCUT2D eigenvalue weighted by atomic mass is 19.4. The standard InChI is InChI=1S/C25H19F3N2O3/c26-25(27,28)17-10-7-11-18(14-17)29-22-20(15-21(31)32)23(16-8-3-1-4-9-16)30(24(22)33)19-12-5-2-6-13-19/h1-14,23,29H,15H2,(H,31,32)/t23-/m1/s1. The van der Waals surface area contributed by atoms with E-state index >= 15 is 0 Å². The quantitative estimate of drug-likeness (QED) is 0.508. The Morgan fingerprint density at radius 3 is 2.18 bits per heavy atom. The molecule has 3 aromatic carbocycles. The molecule has 1 heterocycles. The monoisotopic (exact) mass is 452 g/mol. The first-order chi connectivity index (χ1) is 15.8. The van der Waals surface area contributed by atoms with Crippen LogP contribution in [0.4, 0.5) is 24.5 Å². The number of benzene rings is 3. The zero-order valence-corrected chi connectivity index (χ0v) is 17.2. The number of hydrogen-bond donors (Lipinski definition) is 2. The predicted octanol–water partition coefficient (Wildman–Crippen LogP) is 5.63. The molecule has 3 aromatic rings. The van der Waals surface area contributed by atoms with Crippen molar-refractivity contribution in [2.45, 2.75) is 18.6 Å². The SMILES string of the molecule is O=C(O)CC1=C(Nc2cccc(C(F)(F)F)c2)C(=O)N(c2ccccc2)[C@@H]1c1ccccc1. The molecule has 0 aliphatic carbocycles. The summed E-state index contributed by atoms with van der Waals surface area (Å²) < 4.78 is 39.5. The number of carboxylic acid groups (broad SMARTS) is 1. The number of carboxylic acids is 1. The molecule has 0 spiro atoms.